The standard InChI is InChI=1S/C18H21N3O2S/c1-12(2)23-17-15(7-5-10-19-17)21-18(22)20-14-9-11-24-16-8-4-3-6-13(14)16/h3-8,10,12,14H,9,11H2,1-2H3,(H2,20,21,22). The number of fused-ring (bicyclic) bond motifs is 1. The largest absolute Gasteiger partial charge is 0.473 e. The Morgan fingerprint density at radius 3 is 2.96 bits per heavy atom. The highest BCUT2D eigenvalue weighted by atomic mass is 32.2. The Kier molecular flexibility index (Phi) is 5.25. The Morgan fingerprint density at radius 1 is 1.29 bits per heavy atom. The number of carbonyl (C=O) groups excluding carboxylic acids is 1. The van der Waals surface area contributed by atoms with E-state index in [2.05, 4.69) is 27.8 Å². The molecule has 1 aromatic heterocycles. The number of hydrogen-bond acceptors (Lipinski definition) is 4. The molecule has 1 aliphatic rings. The van der Waals surface area contributed by atoms with E-state index in [1.807, 2.05) is 37.7 Å². The second-order valence-electron chi connectivity index (χ2n) is 5.85. The van der Waals surface area contributed by atoms with E-state index in [0.717, 1.165) is 12.2 Å². The molecule has 0 saturated carbocycles. The van der Waals surface area contributed by atoms with Crippen LogP contribution in [0.15, 0.2) is 47.5 Å². The molecule has 1 aliphatic heterocycles. The van der Waals surface area contributed by atoms with Crippen molar-refractivity contribution in [1.29, 1.82) is 0 Å². The third-order valence-corrected chi connectivity index (χ3v) is 4.75. The molecule has 3 rings (SSSR count). The number of pyridine rings is 1. The molecule has 5 nitrogen and oxygen atoms in total. The van der Waals surface area contributed by atoms with Gasteiger partial charge in [-0.15, -0.1) is 11.8 Å². The fraction of sp³-hybridized carbons (Fsp3) is 0.333. The number of nitrogens with zero attached hydrogens (tertiary/aromatic N) is 1. The van der Waals surface area contributed by atoms with Gasteiger partial charge in [0.2, 0.25) is 5.88 Å². The molecule has 2 aromatic rings. The van der Waals surface area contributed by atoms with E-state index in [9.17, 15) is 4.79 Å². The van der Waals surface area contributed by atoms with Crippen molar-refractivity contribution in [2.75, 3.05) is 11.1 Å². The lowest BCUT2D eigenvalue weighted by Crippen LogP contribution is -2.34. The van der Waals surface area contributed by atoms with Crippen LogP contribution in [0.2, 0.25) is 0 Å². The van der Waals surface area contributed by atoms with Crippen LogP contribution in [0.3, 0.4) is 0 Å². The number of carbonyl (C=O) groups is 1. The number of thioether (sulfide) groups is 1. The molecule has 2 amide bonds. The van der Waals surface area contributed by atoms with E-state index in [4.69, 9.17) is 4.74 Å². The number of urea groups is 1. The molecule has 0 radical (unpaired) electrons. The van der Waals surface area contributed by atoms with Gasteiger partial charge in [-0.25, -0.2) is 9.78 Å². The summed E-state index contributed by atoms with van der Waals surface area (Å²) in [5.74, 6) is 1.43. The quantitative estimate of drug-likeness (QED) is 0.872. The van der Waals surface area contributed by atoms with Crippen molar-refractivity contribution in [3.05, 3.63) is 48.2 Å². The van der Waals surface area contributed by atoms with Gasteiger partial charge in [-0.1, -0.05) is 18.2 Å². The molecule has 24 heavy (non-hydrogen) atoms. The van der Waals surface area contributed by atoms with Gasteiger partial charge in [0, 0.05) is 16.8 Å². The minimum Gasteiger partial charge on any atom is -0.473 e. The number of nitrogens with one attached hydrogen (secondary N) is 2. The van der Waals surface area contributed by atoms with Gasteiger partial charge >= 0.3 is 6.03 Å². The fourth-order valence-corrected chi connectivity index (χ4v) is 3.74. The van der Waals surface area contributed by atoms with Crippen molar-refractivity contribution in [1.82, 2.24) is 10.3 Å². The Balaban J connectivity index is 1.69. The first-order valence-corrected chi connectivity index (χ1v) is 9.03. The molecule has 0 bridgehead atoms. The Bertz CT molecular complexity index is 721. The maximum atomic E-state index is 12.4. The van der Waals surface area contributed by atoms with Gasteiger partial charge in [0.25, 0.3) is 0 Å². The molecule has 1 aromatic carbocycles. The van der Waals surface area contributed by atoms with Crippen molar-refractivity contribution >= 4 is 23.5 Å². The fourth-order valence-electron chi connectivity index (χ4n) is 2.61. The van der Waals surface area contributed by atoms with Gasteiger partial charge in [-0.3, -0.25) is 0 Å². The van der Waals surface area contributed by atoms with E-state index in [1.54, 1.807) is 18.3 Å². The molecule has 0 saturated heterocycles. The van der Waals surface area contributed by atoms with E-state index >= 15 is 0 Å². The predicted molar refractivity (Wildman–Crippen MR) is 96.7 cm³/mol. The topological polar surface area (TPSA) is 63.2 Å². The molecule has 2 heterocycles. The van der Waals surface area contributed by atoms with Crippen LogP contribution >= 0.6 is 11.8 Å². The van der Waals surface area contributed by atoms with Crippen molar-refractivity contribution in [3.8, 4) is 5.88 Å². The normalized spacial score (nSPS) is 16.4. The molecular formula is C18H21N3O2S. The van der Waals surface area contributed by atoms with E-state index < -0.39 is 0 Å². The molecule has 1 unspecified atom stereocenters. The molecule has 1 atom stereocenters. The number of anilines is 1. The van der Waals surface area contributed by atoms with Crippen LogP contribution in [0.5, 0.6) is 5.88 Å². The summed E-state index contributed by atoms with van der Waals surface area (Å²) < 4.78 is 5.64. The smallest absolute Gasteiger partial charge is 0.319 e. The second-order valence-corrected chi connectivity index (χ2v) is 6.99. The third-order valence-electron chi connectivity index (χ3n) is 3.63. The highest BCUT2D eigenvalue weighted by molar-refractivity contribution is 7.99. The Morgan fingerprint density at radius 2 is 2.12 bits per heavy atom. The molecule has 2 N–H and O–H groups in total. The summed E-state index contributed by atoms with van der Waals surface area (Å²) in [5, 5.41) is 5.91. The highest BCUT2D eigenvalue weighted by Gasteiger charge is 2.22. The van der Waals surface area contributed by atoms with Gasteiger partial charge in [0.1, 0.15) is 5.69 Å². The third kappa shape index (κ3) is 4.00. The second kappa shape index (κ2) is 7.57. The zero-order chi connectivity index (χ0) is 16.9. The molecule has 0 aliphatic carbocycles. The number of aromatic nitrogens is 1. The summed E-state index contributed by atoms with van der Waals surface area (Å²) >= 11 is 1.83. The van der Waals surface area contributed by atoms with E-state index in [-0.39, 0.29) is 18.2 Å². The number of rotatable bonds is 4. The Hall–Kier alpha value is -2.21. The zero-order valence-electron chi connectivity index (χ0n) is 13.8. The summed E-state index contributed by atoms with van der Waals surface area (Å²) in [5.41, 5.74) is 1.75. The lowest BCUT2D eigenvalue weighted by molar-refractivity contribution is 0.232. The number of ether oxygens (including phenoxy) is 1. The van der Waals surface area contributed by atoms with Crippen LogP contribution in [-0.4, -0.2) is 22.9 Å². The lowest BCUT2D eigenvalue weighted by atomic mass is 10.0. The first-order valence-electron chi connectivity index (χ1n) is 8.04. The SMILES string of the molecule is CC(C)Oc1ncccc1NC(=O)NC1CCSc2ccccc21. The summed E-state index contributed by atoms with van der Waals surface area (Å²) in [4.78, 5) is 17.8. The van der Waals surface area contributed by atoms with Crippen LogP contribution in [-0.2, 0) is 0 Å². The summed E-state index contributed by atoms with van der Waals surface area (Å²) in [6.07, 6.45) is 2.55. The van der Waals surface area contributed by atoms with Crippen LogP contribution in [0.25, 0.3) is 0 Å². The highest BCUT2D eigenvalue weighted by Crippen LogP contribution is 2.35. The first-order chi connectivity index (χ1) is 11.6. The molecular weight excluding hydrogens is 322 g/mol. The zero-order valence-corrected chi connectivity index (χ0v) is 14.6. The summed E-state index contributed by atoms with van der Waals surface area (Å²) in [6.45, 7) is 3.85. The van der Waals surface area contributed by atoms with Gasteiger partial charge < -0.3 is 15.4 Å². The van der Waals surface area contributed by atoms with Crippen molar-refractivity contribution < 1.29 is 9.53 Å². The van der Waals surface area contributed by atoms with E-state index in [0.29, 0.717) is 11.6 Å². The van der Waals surface area contributed by atoms with Crippen LogP contribution < -0.4 is 15.4 Å². The first kappa shape index (κ1) is 16.6. The molecule has 126 valence electrons. The summed E-state index contributed by atoms with van der Waals surface area (Å²) in [6, 6.07) is 11.5. The van der Waals surface area contributed by atoms with Crippen molar-refractivity contribution in [2.24, 2.45) is 0 Å². The van der Waals surface area contributed by atoms with Crippen LogP contribution in [0.4, 0.5) is 10.5 Å². The maximum Gasteiger partial charge on any atom is 0.319 e. The summed E-state index contributed by atoms with van der Waals surface area (Å²) in [7, 11) is 0. The van der Waals surface area contributed by atoms with Gasteiger partial charge in [0.05, 0.1) is 12.1 Å². The van der Waals surface area contributed by atoms with E-state index in [1.165, 1.54) is 10.5 Å². The number of benzene rings is 1. The molecule has 0 fully saturated rings. The monoisotopic (exact) mass is 343 g/mol. The average molecular weight is 343 g/mol. The number of hydrogen-bond donors (Lipinski definition) is 2. The lowest BCUT2D eigenvalue weighted by Gasteiger charge is -2.26. The van der Waals surface area contributed by atoms with Crippen LogP contribution in [0.1, 0.15) is 31.9 Å². The molecule has 0 spiro atoms. The predicted octanol–water partition coefficient (Wildman–Crippen LogP) is 4.23. The minimum atomic E-state index is -0.247. The van der Waals surface area contributed by atoms with Crippen molar-refractivity contribution in [3.63, 3.8) is 0 Å². The van der Waals surface area contributed by atoms with Gasteiger partial charge in [-0.05, 0) is 44.0 Å². The maximum absolute atomic E-state index is 12.4. The van der Waals surface area contributed by atoms with Crippen molar-refractivity contribution in [2.45, 2.75) is 37.3 Å². The number of amides is 2. The van der Waals surface area contributed by atoms with Gasteiger partial charge in [0.15, 0.2) is 0 Å². The minimum absolute atomic E-state index is 0.00856. The Labute approximate surface area is 146 Å². The molecule has 6 heteroatoms. The average Bonchev–Trinajstić information content (AvgIpc) is 2.56. The van der Waals surface area contributed by atoms with Gasteiger partial charge in [-0.2, -0.15) is 0 Å². The van der Waals surface area contributed by atoms with Crippen LogP contribution in [0, 0.1) is 0 Å².